The number of likely N-dealkylation sites (tertiary alicyclic amines) is 1. The Balaban J connectivity index is 1.50. The highest BCUT2D eigenvalue weighted by atomic mass is 32.1. The molecule has 0 spiro atoms. The van der Waals surface area contributed by atoms with Crippen LogP contribution in [0.5, 0.6) is 0 Å². The summed E-state index contributed by atoms with van der Waals surface area (Å²) in [5.41, 5.74) is 4.19. The minimum Gasteiger partial charge on any atom is -0.349 e. The Morgan fingerprint density at radius 3 is 2.66 bits per heavy atom. The summed E-state index contributed by atoms with van der Waals surface area (Å²) in [6.07, 6.45) is 2.44. The van der Waals surface area contributed by atoms with E-state index >= 15 is 0 Å². The van der Waals surface area contributed by atoms with E-state index in [1.807, 2.05) is 26.0 Å². The number of aryl methyl sites for hydroxylation is 3. The zero-order valence-corrected chi connectivity index (χ0v) is 18.0. The second-order valence-corrected chi connectivity index (χ2v) is 8.68. The third-order valence-corrected chi connectivity index (χ3v) is 6.45. The predicted octanol–water partition coefficient (Wildman–Crippen LogP) is 3.82. The molecular weight excluding hydrogens is 382 g/mol. The van der Waals surface area contributed by atoms with E-state index in [9.17, 15) is 4.79 Å². The maximum Gasteiger partial charge on any atom is 0.273 e. The molecule has 1 aliphatic heterocycles. The van der Waals surface area contributed by atoms with Crippen LogP contribution in [0.4, 0.5) is 0 Å². The normalized spacial score (nSPS) is 15.6. The Labute approximate surface area is 175 Å². The molecule has 4 rings (SSSR count). The Morgan fingerprint density at radius 1 is 1.17 bits per heavy atom. The lowest BCUT2D eigenvalue weighted by atomic mass is 10.1. The minimum absolute atomic E-state index is 0.167. The summed E-state index contributed by atoms with van der Waals surface area (Å²) in [6.45, 7) is 8.67. The zero-order chi connectivity index (χ0) is 20.4. The summed E-state index contributed by atoms with van der Waals surface area (Å²) in [6, 6.07) is 10.6. The highest BCUT2D eigenvalue weighted by molar-refractivity contribution is 7.10. The number of amides is 1. The molecule has 0 bridgehead atoms. The first-order chi connectivity index (χ1) is 14.0. The van der Waals surface area contributed by atoms with Crippen molar-refractivity contribution < 1.29 is 4.79 Å². The van der Waals surface area contributed by atoms with Gasteiger partial charge in [-0.05, 0) is 69.8 Å². The van der Waals surface area contributed by atoms with E-state index in [0.29, 0.717) is 17.9 Å². The molecule has 152 valence electrons. The molecule has 29 heavy (non-hydrogen) atoms. The lowest BCUT2D eigenvalue weighted by Crippen LogP contribution is -2.36. The molecule has 6 nitrogen and oxygen atoms in total. The summed E-state index contributed by atoms with van der Waals surface area (Å²) < 4.78 is 0. The van der Waals surface area contributed by atoms with Gasteiger partial charge in [0.25, 0.3) is 5.91 Å². The number of rotatable bonds is 6. The number of hydrogen-bond donors (Lipinski definition) is 1. The van der Waals surface area contributed by atoms with Crippen LogP contribution >= 0.6 is 11.3 Å². The molecule has 0 aliphatic carbocycles. The number of thiophene rings is 1. The van der Waals surface area contributed by atoms with E-state index in [4.69, 9.17) is 0 Å². The molecule has 1 unspecified atom stereocenters. The van der Waals surface area contributed by atoms with Gasteiger partial charge in [-0.2, -0.15) is 9.90 Å². The quantitative estimate of drug-likeness (QED) is 0.672. The molecule has 3 heterocycles. The Hall–Kier alpha value is -2.51. The van der Waals surface area contributed by atoms with Crippen LogP contribution in [0.25, 0.3) is 5.69 Å². The zero-order valence-electron chi connectivity index (χ0n) is 17.2. The van der Waals surface area contributed by atoms with Crippen molar-refractivity contribution in [2.45, 2.75) is 39.7 Å². The average Bonchev–Trinajstić information content (AvgIpc) is 3.44. The molecule has 1 fully saturated rings. The molecule has 1 atom stereocenters. The highest BCUT2D eigenvalue weighted by Gasteiger charge is 2.26. The first kappa shape index (κ1) is 19.8. The monoisotopic (exact) mass is 409 g/mol. The number of carbonyl (C=O) groups is 1. The van der Waals surface area contributed by atoms with Crippen molar-refractivity contribution in [3.8, 4) is 5.69 Å². The van der Waals surface area contributed by atoms with E-state index in [2.05, 4.69) is 50.9 Å². The standard InChI is InChI=1S/C22H27N5OS/c1-15-8-9-18(16(2)13-15)27-24-17(3)21(25-27)22(28)23-14-19(20-7-6-12-29-20)26-10-4-5-11-26/h6-9,12-13,19H,4-5,10-11,14H2,1-3H3,(H,23,28). The third-order valence-electron chi connectivity index (χ3n) is 5.47. The minimum atomic E-state index is -0.167. The molecular formula is C22H27N5OS. The second-order valence-electron chi connectivity index (χ2n) is 7.70. The number of carbonyl (C=O) groups excluding carboxylic acids is 1. The number of hydrogen-bond acceptors (Lipinski definition) is 5. The fraction of sp³-hybridized carbons (Fsp3) is 0.409. The van der Waals surface area contributed by atoms with Crippen molar-refractivity contribution in [2.75, 3.05) is 19.6 Å². The van der Waals surface area contributed by atoms with Crippen LogP contribution in [0, 0.1) is 20.8 Å². The summed E-state index contributed by atoms with van der Waals surface area (Å²) in [7, 11) is 0. The van der Waals surface area contributed by atoms with Crippen molar-refractivity contribution in [2.24, 2.45) is 0 Å². The van der Waals surface area contributed by atoms with Crippen molar-refractivity contribution in [1.29, 1.82) is 0 Å². The van der Waals surface area contributed by atoms with E-state index in [1.165, 1.54) is 23.3 Å². The Kier molecular flexibility index (Phi) is 5.78. The van der Waals surface area contributed by atoms with Crippen molar-refractivity contribution in [1.82, 2.24) is 25.2 Å². The molecule has 1 aromatic carbocycles. The van der Waals surface area contributed by atoms with Crippen molar-refractivity contribution >= 4 is 17.2 Å². The largest absolute Gasteiger partial charge is 0.349 e. The number of nitrogens with zero attached hydrogens (tertiary/aromatic N) is 4. The van der Waals surface area contributed by atoms with Gasteiger partial charge in [0.15, 0.2) is 5.69 Å². The van der Waals surface area contributed by atoms with Gasteiger partial charge in [-0.25, -0.2) is 0 Å². The van der Waals surface area contributed by atoms with Crippen LogP contribution in [-0.2, 0) is 0 Å². The number of aromatic nitrogens is 3. The summed E-state index contributed by atoms with van der Waals surface area (Å²) in [5, 5.41) is 14.2. The van der Waals surface area contributed by atoms with Gasteiger partial charge in [-0.15, -0.1) is 16.4 Å². The predicted molar refractivity (Wildman–Crippen MR) is 116 cm³/mol. The first-order valence-corrected chi connectivity index (χ1v) is 11.0. The molecule has 1 aliphatic rings. The van der Waals surface area contributed by atoms with Crippen LogP contribution < -0.4 is 5.32 Å². The van der Waals surface area contributed by atoms with Gasteiger partial charge in [0, 0.05) is 11.4 Å². The lowest BCUT2D eigenvalue weighted by molar-refractivity contribution is 0.0932. The maximum atomic E-state index is 12.9. The van der Waals surface area contributed by atoms with E-state index in [-0.39, 0.29) is 11.9 Å². The van der Waals surface area contributed by atoms with Gasteiger partial charge in [-0.3, -0.25) is 9.69 Å². The smallest absolute Gasteiger partial charge is 0.273 e. The van der Waals surface area contributed by atoms with Crippen LogP contribution in [-0.4, -0.2) is 45.4 Å². The van der Waals surface area contributed by atoms with Gasteiger partial charge < -0.3 is 5.32 Å². The lowest BCUT2D eigenvalue weighted by Gasteiger charge is -2.26. The molecule has 0 saturated carbocycles. The van der Waals surface area contributed by atoms with Gasteiger partial charge in [-0.1, -0.05) is 23.8 Å². The van der Waals surface area contributed by atoms with Gasteiger partial charge >= 0.3 is 0 Å². The summed E-state index contributed by atoms with van der Waals surface area (Å²) in [4.78, 5) is 18.2. The van der Waals surface area contributed by atoms with Gasteiger partial charge in [0.05, 0.1) is 17.4 Å². The van der Waals surface area contributed by atoms with Crippen LogP contribution in [0.15, 0.2) is 35.7 Å². The molecule has 1 N–H and O–H groups in total. The van der Waals surface area contributed by atoms with Crippen molar-refractivity contribution in [3.05, 3.63) is 63.1 Å². The van der Waals surface area contributed by atoms with Crippen molar-refractivity contribution in [3.63, 3.8) is 0 Å². The molecule has 3 aromatic rings. The fourth-order valence-electron chi connectivity index (χ4n) is 3.94. The fourth-order valence-corrected chi connectivity index (χ4v) is 4.80. The Bertz CT molecular complexity index is 989. The Morgan fingerprint density at radius 2 is 1.97 bits per heavy atom. The topological polar surface area (TPSA) is 63.1 Å². The SMILES string of the molecule is Cc1ccc(-n2nc(C)c(C(=O)NCC(c3cccs3)N3CCCC3)n2)c(C)c1. The second kappa shape index (κ2) is 8.47. The van der Waals surface area contributed by atoms with E-state index in [1.54, 1.807) is 16.1 Å². The van der Waals surface area contributed by atoms with Crippen LogP contribution in [0.2, 0.25) is 0 Å². The van der Waals surface area contributed by atoms with Crippen LogP contribution in [0.1, 0.15) is 51.1 Å². The molecule has 1 saturated heterocycles. The highest BCUT2D eigenvalue weighted by Crippen LogP contribution is 2.28. The summed E-state index contributed by atoms with van der Waals surface area (Å²) >= 11 is 1.75. The number of nitrogens with one attached hydrogen (secondary N) is 1. The molecule has 1 amide bonds. The van der Waals surface area contributed by atoms with E-state index < -0.39 is 0 Å². The first-order valence-electron chi connectivity index (χ1n) is 10.1. The summed E-state index contributed by atoms with van der Waals surface area (Å²) in [5.74, 6) is -0.167. The number of benzene rings is 1. The maximum absolute atomic E-state index is 12.9. The molecule has 0 radical (unpaired) electrons. The van der Waals surface area contributed by atoms with Gasteiger partial charge in [0.2, 0.25) is 0 Å². The van der Waals surface area contributed by atoms with Crippen LogP contribution in [0.3, 0.4) is 0 Å². The molecule has 2 aromatic heterocycles. The molecule has 7 heteroatoms. The third kappa shape index (κ3) is 4.26. The van der Waals surface area contributed by atoms with E-state index in [0.717, 1.165) is 24.3 Å². The van der Waals surface area contributed by atoms with Gasteiger partial charge in [0.1, 0.15) is 0 Å². The average molecular weight is 410 g/mol.